The van der Waals surface area contributed by atoms with Gasteiger partial charge in [0.05, 0.1) is 0 Å². The molecule has 0 fully saturated rings. The summed E-state index contributed by atoms with van der Waals surface area (Å²) in [7, 11) is 0. The van der Waals surface area contributed by atoms with Crippen LogP contribution in [0.2, 0.25) is 0 Å². The van der Waals surface area contributed by atoms with Gasteiger partial charge < -0.3 is 5.32 Å². The first-order valence-electron chi connectivity index (χ1n) is 5.58. The Balaban J connectivity index is 2.03. The number of aryl methyl sites for hydroxylation is 1. The third-order valence-corrected chi connectivity index (χ3v) is 2.87. The quantitative estimate of drug-likeness (QED) is 0.787. The van der Waals surface area contributed by atoms with Crippen molar-refractivity contribution in [2.24, 2.45) is 0 Å². The van der Waals surface area contributed by atoms with Gasteiger partial charge in [0.15, 0.2) is 5.82 Å². The number of nitrogens with one attached hydrogen (secondary N) is 1. The molecule has 0 amide bonds. The van der Waals surface area contributed by atoms with Gasteiger partial charge in [0.2, 0.25) is 0 Å². The van der Waals surface area contributed by atoms with Crippen LogP contribution in [-0.2, 0) is 6.42 Å². The van der Waals surface area contributed by atoms with Crippen molar-refractivity contribution in [2.45, 2.75) is 12.8 Å². The highest BCUT2D eigenvalue weighted by Crippen LogP contribution is 2.26. The molecule has 3 rings (SSSR count). The van der Waals surface area contributed by atoms with E-state index >= 15 is 0 Å². The molecule has 1 aromatic carbocycles. The summed E-state index contributed by atoms with van der Waals surface area (Å²) < 4.78 is 0. The van der Waals surface area contributed by atoms with E-state index in [0.717, 1.165) is 24.4 Å². The summed E-state index contributed by atoms with van der Waals surface area (Å²) in [6, 6.07) is 8.23. The summed E-state index contributed by atoms with van der Waals surface area (Å²) in [4.78, 5) is 8.53. The predicted octanol–water partition coefficient (Wildman–Crippen LogP) is 2.50. The third kappa shape index (κ3) is 1.65. The van der Waals surface area contributed by atoms with E-state index in [4.69, 9.17) is 0 Å². The molecule has 1 aromatic heterocycles. The lowest BCUT2D eigenvalue weighted by molar-refractivity contribution is 0.830. The summed E-state index contributed by atoms with van der Waals surface area (Å²) in [6.45, 7) is 1.08. The Hall–Kier alpha value is -1.90. The fourth-order valence-corrected chi connectivity index (χ4v) is 2.06. The SMILES string of the molecule is c1cnc(-c2ccc3c(c2)CCCN3)nc1. The van der Waals surface area contributed by atoms with Crippen LogP contribution in [0.25, 0.3) is 11.4 Å². The van der Waals surface area contributed by atoms with Crippen molar-refractivity contribution in [2.75, 3.05) is 11.9 Å². The van der Waals surface area contributed by atoms with E-state index in [1.165, 1.54) is 17.7 Å². The zero-order valence-electron chi connectivity index (χ0n) is 8.98. The molecule has 16 heavy (non-hydrogen) atoms. The van der Waals surface area contributed by atoms with E-state index in [1.807, 2.05) is 6.07 Å². The van der Waals surface area contributed by atoms with Crippen LogP contribution in [0.15, 0.2) is 36.7 Å². The number of anilines is 1. The van der Waals surface area contributed by atoms with Crippen molar-refractivity contribution in [3.05, 3.63) is 42.2 Å². The van der Waals surface area contributed by atoms with Gasteiger partial charge in [-0.1, -0.05) is 0 Å². The predicted molar refractivity (Wildman–Crippen MR) is 64.3 cm³/mol. The average Bonchev–Trinajstić information content (AvgIpc) is 2.39. The zero-order valence-corrected chi connectivity index (χ0v) is 8.98. The Morgan fingerprint density at radius 1 is 1.12 bits per heavy atom. The van der Waals surface area contributed by atoms with E-state index in [1.54, 1.807) is 12.4 Å². The van der Waals surface area contributed by atoms with Gasteiger partial charge in [-0.2, -0.15) is 0 Å². The first kappa shape index (κ1) is 9.33. The molecule has 0 saturated heterocycles. The van der Waals surface area contributed by atoms with Gasteiger partial charge in [0.25, 0.3) is 0 Å². The maximum atomic E-state index is 4.27. The highest BCUT2D eigenvalue weighted by atomic mass is 14.9. The van der Waals surface area contributed by atoms with E-state index < -0.39 is 0 Å². The van der Waals surface area contributed by atoms with Gasteiger partial charge in [-0.25, -0.2) is 9.97 Å². The minimum Gasteiger partial charge on any atom is -0.385 e. The van der Waals surface area contributed by atoms with Crippen molar-refractivity contribution >= 4 is 5.69 Å². The second kappa shape index (κ2) is 3.93. The molecule has 0 bridgehead atoms. The molecule has 1 aliphatic heterocycles. The second-order valence-corrected chi connectivity index (χ2v) is 3.97. The average molecular weight is 211 g/mol. The molecule has 2 aromatic rings. The van der Waals surface area contributed by atoms with Gasteiger partial charge in [-0.15, -0.1) is 0 Å². The summed E-state index contributed by atoms with van der Waals surface area (Å²) >= 11 is 0. The summed E-state index contributed by atoms with van der Waals surface area (Å²) in [5.74, 6) is 0.802. The monoisotopic (exact) mass is 211 g/mol. The molecule has 0 saturated carbocycles. The van der Waals surface area contributed by atoms with Crippen LogP contribution in [0.5, 0.6) is 0 Å². The Labute approximate surface area is 94.6 Å². The minimum absolute atomic E-state index is 0.802. The third-order valence-electron chi connectivity index (χ3n) is 2.87. The van der Waals surface area contributed by atoms with Crippen LogP contribution in [0.4, 0.5) is 5.69 Å². The topological polar surface area (TPSA) is 37.8 Å². The first-order valence-corrected chi connectivity index (χ1v) is 5.58. The molecular weight excluding hydrogens is 198 g/mol. The van der Waals surface area contributed by atoms with Gasteiger partial charge in [-0.05, 0) is 42.7 Å². The van der Waals surface area contributed by atoms with Crippen LogP contribution in [-0.4, -0.2) is 16.5 Å². The number of aromatic nitrogens is 2. The van der Waals surface area contributed by atoms with Gasteiger partial charge in [-0.3, -0.25) is 0 Å². The van der Waals surface area contributed by atoms with E-state index in [2.05, 4.69) is 33.5 Å². The van der Waals surface area contributed by atoms with Crippen molar-refractivity contribution in [1.82, 2.24) is 9.97 Å². The smallest absolute Gasteiger partial charge is 0.159 e. The molecular formula is C13H13N3. The van der Waals surface area contributed by atoms with Crippen molar-refractivity contribution in [3.8, 4) is 11.4 Å². The largest absolute Gasteiger partial charge is 0.385 e. The number of fused-ring (bicyclic) bond motifs is 1. The molecule has 0 aliphatic carbocycles. The Kier molecular flexibility index (Phi) is 2.29. The molecule has 0 unspecified atom stereocenters. The van der Waals surface area contributed by atoms with Crippen LogP contribution < -0.4 is 5.32 Å². The minimum atomic E-state index is 0.802. The number of hydrogen-bond donors (Lipinski definition) is 1. The molecule has 0 atom stereocenters. The molecule has 3 heteroatoms. The molecule has 1 aliphatic rings. The highest BCUT2D eigenvalue weighted by molar-refractivity contribution is 5.64. The van der Waals surface area contributed by atoms with Crippen LogP contribution in [0, 0.1) is 0 Å². The summed E-state index contributed by atoms with van der Waals surface area (Å²) in [5, 5.41) is 3.40. The maximum Gasteiger partial charge on any atom is 0.159 e. The Bertz CT molecular complexity index is 494. The number of benzene rings is 1. The lowest BCUT2D eigenvalue weighted by atomic mass is 10.0. The Morgan fingerprint density at radius 2 is 2.00 bits per heavy atom. The summed E-state index contributed by atoms with van der Waals surface area (Å²) in [5.41, 5.74) is 3.73. The molecule has 3 nitrogen and oxygen atoms in total. The fourth-order valence-electron chi connectivity index (χ4n) is 2.06. The lowest BCUT2D eigenvalue weighted by Gasteiger charge is -2.18. The molecule has 1 N–H and O–H groups in total. The normalized spacial score (nSPS) is 14.0. The van der Waals surface area contributed by atoms with E-state index in [0.29, 0.717) is 0 Å². The highest BCUT2D eigenvalue weighted by Gasteiger charge is 2.10. The van der Waals surface area contributed by atoms with E-state index in [-0.39, 0.29) is 0 Å². The van der Waals surface area contributed by atoms with Crippen molar-refractivity contribution in [3.63, 3.8) is 0 Å². The number of rotatable bonds is 1. The fraction of sp³-hybridized carbons (Fsp3) is 0.231. The standard InChI is InChI=1S/C13H13N3/c1-3-10-9-11(4-5-12(10)14-6-1)13-15-7-2-8-16-13/h2,4-5,7-9,14H,1,3,6H2. The van der Waals surface area contributed by atoms with Crippen LogP contribution >= 0.6 is 0 Å². The number of hydrogen-bond acceptors (Lipinski definition) is 3. The van der Waals surface area contributed by atoms with Crippen molar-refractivity contribution < 1.29 is 0 Å². The zero-order chi connectivity index (χ0) is 10.8. The van der Waals surface area contributed by atoms with E-state index in [9.17, 15) is 0 Å². The van der Waals surface area contributed by atoms with Crippen molar-refractivity contribution in [1.29, 1.82) is 0 Å². The molecule has 0 spiro atoms. The molecule has 0 radical (unpaired) electrons. The number of nitrogens with zero attached hydrogens (tertiary/aromatic N) is 2. The van der Waals surface area contributed by atoms with Crippen LogP contribution in [0.1, 0.15) is 12.0 Å². The Morgan fingerprint density at radius 3 is 2.88 bits per heavy atom. The maximum absolute atomic E-state index is 4.27. The lowest BCUT2D eigenvalue weighted by Crippen LogP contribution is -2.11. The van der Waals surface area contributed by atoms with Gasteiger partial charge in [0, 0.05) is 30.2 Å². The molecule has 2 heterocycles. The van der Waals surface area contributed by atoms with Crippen LogP contribution in [0.3, 0.4) is 0 Å². The second-order valence-electron chi connectivity index (χ2n) is 3.97. The van der Waals surface area contributed by atoms with Gasteiger partial charge in [0.1, 0.15) is 0 Å². The molecule has 80 valence electrons. The summed E-state index contributed by atoms with van der Waals surface area (Å²) in [6.07, 6.45) is 5.90. The first-order chi connectivity index (χ1) is 7.93. The van der Waals surface area contributed by atoms with Gasteiger partial charge >= 0.3 is 0 Å².